The first-order chi connectivity index (χ1) is 36.8. The fourth-order valence-electron chi connectivity index (χ4n) is 9.60. The number of nitrogens with one attached hydrogen (secondary N) is 4. The van der Waals surface area contributed by atoms with E-state index in [4.69, 9.17) is 41.1 Å². The average Bonchev–Trinajstić information content (AvgIpc) is 4.29. The molecule has 6 aromatic heterocycles. The van der Waals surface area contributed by atoms with Gasteiger partial charge in [-0.05, 0) is 132 Å². The van der Waals surface area contributed by atoms with Crippen molar-refractivity contribution in [1.82, 2.24) is 49.8 Å². The zero-order chi connectivity index (χ0) is 53.2. The topological polar surface area (TPSA) is 200 Å². The van der Waals surface area contributed by atoms with Gasteiger partial charge in [-0.3, -0.25) is 0 Å². The van der Waals surface area contributed by atoms with E-state index >= 15 is 0 Å². The molecule has 2 aromatic carbocycles. The zero-order valence-corrected chi connectivity index (χ0v) is 46.3. The van der Waals surface area contributed by atoms with Crippen LogP contribution in [-0.2, 0) is 22.4 Å². The van der Waals surface area contributed by atoms with E-state index in [1.807, 2.05) is 54.7 Å². The van der Waals surface area contributed by atoms with E-state index in [0.717, 1.165) is 93.3 Å². The standard InChI is InChI=1S/C25H29N7O.C16H17ClN6.C15H24BNO3.ClH/c1-18-5-4-11-31(18)24-9-3-8-23(30-24)29-22-14-21(16-32-25(22)27-17-28-32)20-7-2-6-19(13-20)15-26-10-12-33;1-11-4-3-7-22(11)15-6-2-5-14(21-15)20-13-8-12(17)9-23-16(13)18-10-19-23;1-14(2)15(3,4)20-16(19-14)13-7-5-6-12(10-13)11-17-8-9-18;/h2-3,6-9,13-14,16-18,26,33H,4-5,10-12,15H2,1H3,(H,29,30);2,5-6,8-11H,3-4,7H2,1H3,(H,20,21);5-7,10,17-18H,8-9,11H2,1-4H3;1H/t18-;11-;;/m00../s1. The summed E-state index contributed by atoms with van der Waals surface area (Å²) in [5.74, 6) is 3.56. The molecule has 11 rings (SSSR count). The third kappa shape index (κ3) is 14.0. The summed E-state index contributed by atoms with van der Waals surface area (Å²) in [6.45, 7) is 17.7. The predicted molar refractivity (Wildman–Crippen MR) is 311 cm³/mol. The van der Waals surface area contributed by atoms with E-state index in [-0.39, 0.29) is 43.9 Å². The minimum absolute atomic E-state index is 0. The Morgan fingerprint density at radius 1 is 0.636 bits per heavy atom. The van der Waals surface area contributed by atoms with Crippen LogP contribution in [0, 0.1) is 0 Å². The maximum Gasteiger partial charge on any atom is 0.494 e. The van der Waals surface area contributed by atoms with E-state index in [9.17, 15) is 0 Å². The number of aliphatic hydroxyl groups is 2. The van der Waals surface area contributed by atoms with Crippen LogP contribution in [-0.4, -0.2) is 119 Å². The second-order valence-electron chi connectivity index (χ2n) is 20.5. The zero-order valence-electron chi connectivity index (χ0n) is 44.7. The van der Waals surface area contributed by atoms with Crippen LogP contribution in [0.15, 0.2) is 122 Å². The fourth-order valence-corrected chi connectivity index (χ4v) is 9.81. The normalized spacial score (nSPS) is 17.4. The molecule has 406 valence electrons. The molecule has 8 aromatic rings. The van der Waals surface area contributed by atoms with Crippen LogP contribution in [0.2, 0.25) is 5.02 Å². The largest absolute Gasteiger partial charge is 0.494 e. The number of fused-ring (bicyclic) bond motifs is 2. The first kappa shape index (κ1) is 56.8. The highest BCUT2D eigenvalue weighted by atomic mass is 35.5. The summed E-state index contributed by atoms with van der Waals surface area (Å²) in [5, 5.41) is 40.1. The van der Waals surface area contributed by atoms with Crippen molar-refractivity contribution in [2.24, 2.45) is 0 Å². The summed E-state index contributed by atoms with van der Waals surface area (Å²) >= 11 is 6.14. The summed E-state index contributed by atoms with van der Waals surface area (Å²) in [4.78, 5) is 23.0. The highest BCUT2D eigenvalue weighted by Gasteiger charge is 2.51. The van der Waals surface area contributed by atoms with Gasteiger partial charge in [0.2, 0.25) is 0 Å². The molecule has 6 N–H and O–H groups in total. The molecule has 0 unspecified atom stereocenters. The van der Waals surface area contributed by atoms with Crippen molar-refractivity contribution in [3.8, 4) is 11.1 Å². The molecule has 0 radical (unpaired) electrons. The van der Waals surface area contributed by atoms with Crippen LogP contribution in [0.1, 0.15) is 78.4 Å². The number of pyridine rings is 4. The van der Waals surface area contributed by atoms with Crippen LogP contribution in [0.25, 0.3) is 22.4 Å². The molecule has 0 amide bonds. The van der Waals surface area contributed by atoms with Gasteiger partial charge >= 0.3 is 7.12 Å². The molecule has 9 heterocycles. The van der Waals surface area contributed by atoms with Gasteiger partial charge in [0.15, 0.2) is 11.3 Å². The van der Waals surface area contributed by atoms with Crippen LogP contribution in [0.3, 0.4) is 0 Å². The smallest absolute Gasteiger partial charge is 0.399 e. The van der Waals surface area contributed by atoms with E-state index in [2.05, 4.69) is 141 Å². The average molecular weight is 1090 g/mol. The lowest BCUT2D eigenvalue weighted by atomic mass is 9.78. The molecular weight excluding hydrogens is 1010 g/mol. The van der Waals surface area contributed by atoms with Crippen molar-refractivity contribution in [3.63, 3.8) is 0 Å². The maximum atomic E-state index is 9.01. The molecular formula is C56H71BCl2N14O4. The first-order valence-corrected chi connectivity index (χ1v) is 26.7. The van der Waals surface area contributed by atoms with Crippen molar-refractivity contribution in [2.45, 2.75) is 104 Å². The minimum Gasteiger partial charge on any atom is -0.399 e. The van der Waals surface area contributed by atoms with E-state index in [1.54, 1.807) is 21.6 Å². The SMILES string of the molecule is CC1(C)OB(c2cccc(CNCCO)c2)OC1(C)C.C[C@H]1CCCN1c1cccc(Nc2cc(-c3cccc(CNCCO)c3)cn3ncnc23)n1.C[C@H]1CCCN1c1cccc(Nc2cc(Cl)cn3ncnc23)n1.Cl. The highest BCUT2D eigenvalue weighted by molar-refractivity contribution is 6.62. The molecule has 2 atom stereocenters. The number of anilines is 6. The third-order valence-electron chi connectivity index (χ3n) is 14.4. The van der Waals surface area contributed by atoms with E-state index in [1.165, 1.54) is 32.0 Å². The number of hydrogen-bond acceptors (Lipinski definition) is 16. The second-order valence-corrected chi connectivity index (χ2v) is 20.9. The van der Waals surface area contributed by atoms with E-state index < -0.39 is 0 Å². The van der Waals surface area contributed by atoms with Crippen molar-refractivity contribution >= 4 is 82.5 Å². The van der Waals surface area contributed by atoms with Gasteiger partial charge < -0.3 is 50.6 Å². The Balaban J connectivity index is 0.000000158. The van der Waals surface area contributed by atoms with Crippen molar-refractivity contribution in [3.05, 3.63) is 138 Å². The molecule has 18 nitrogen and oxygen atoms in total. The Morgan fingerprint density at radius 3 is 1.68 bits per heavy atom. The molecule has 21 heteroatoms. The molecule has 3 saturated heterocycles. The predicted octanol–water partition coefficient (Wildman–Crippen LogP) is 8.61. The number of halogens is 2. The number of benzene rings is 2. The van der Waals surface area contributed by atoms with Gasteiger partial charge in [-0.2, -0.15) is 10.2 Å². The lowest BCUT2D eigenvalue weighted by Crippen LogP contribution is -2.41. The molecule has 3 fully saturated rings. The lowest BCUT2D eigenvalue weighted by Gasteiger charge is -2.32. The van der Waals surface area contributed by atoms with Crippen molar-refractivity contribution in [2.75, 3.05) is 59.8 Å². The van der Waals surface area contributed by atoms with Crippen LogP contribution in [0.5, 0.6) is 0 Å². The molecule has 77 heavy (non-hydrogen) atoms. The van der Waals surface area contributed by atoms with Gasteiger partial charge in [-0.25, -0.2) is 29.0 Å². The molecule has 0 bridgehead atoms. The van der Waals surface area contributed by atoms with Gasteiger partial charge in [-0.15, -0.1) is 12.4 Å². The summed E-state index contributed by atoms with van der Waals surface area (Å²) in [6.07, 6.45) is 11.6. The van der Waals surface area contributed by atoms with E-state index in [0.29, 0.717) is 36.7 Å². The maximum absolute atomic E-state index is 9.01. The van der Waals surface area contributed by atoms with Gasteiger partial charge in [0.05, 0.1) is 40.8 Å². The van der Waals surface area contributed by atoms with Crippen LogP contribution < -0.4 is 36.5 Å². The number of aliphatic hydroxyl groups excluding tert-OH is 2. The Morgan fingerprint density at radius 2 is 1.14 bits per heavy atom. The van der Waals surface area contributed by atoms with Crippen molar-refractivity contribution < 1.29 is 19.5 Å². The first-order valence-electron chi connectivity index (χ1n) is 26.3. The Kier molecular flexibility index (Phi) is 19.0. The lowest BCUT2D eigenvalue weighted by molar-refractivity contribution is 0.00578. The summed E-state index contributed by atoms with van der Waals surface area (Å²) < 4.78 is 15.5. The minimum atomic E-state index is -0.321. The van der Waals surface area contributed by atoms with Gasteiger partial charge in [-0.1, -0.05) is 66.2 Å². The number of rotatable bonds is 16. The Bertz CT molecular complexity index is 3180. The van der Waals surface area contributed by atoms with Gasteiger partial charge in [0.25, 0.3) is 0 Å². The Hall–Kier alpha value is -6.42. The van der Waals surface area contributed by atoms with Crippen LogP contribution >= 0.6 is 24.0 Å². The summed E-state index contributed by atoms with van der Waals surface area (Å²) in [6, 6.07) is 33.6. The third-order valence-corrected chi connectivity index (χ3v) is 14.6. The number of hydrogen-bond donors (Lipinski definition) is 6. The monoisotopic (exact) mass is 1080 g/mol. The molecule has 3 aliphatic heterocycles. The quantitative estimate of drug-likeness (QED) is 0.0397. The molecule has 3 aliphatic rings. The van der Waals surface area contributed by atoms with Gasteiger partial charge in [0, 0.05) is 69.3 Å². The fraction of sp³-hybridized carbons (Fsp3) is 0.393. The molecule has 0 aliphatic carbocycles. The number of aromatic nitrogens is 8. The molecule has 0 spiro atoms. The highest BCUT2D eigenvalue weighted by Crippen LogP contribution is 2.37. The number of nitrogens with zero attached hydrogens (tertiary/aromatic N) is 10. The summed E-state index contributed by atoms with van der Waals surface area (Å²) in [7, 11) is -0.321. The van der Waals surface area contributed by atoms with Crippen LogP contribution in [0.4, 0.5) is 34.6 Å². The van der Waals surface area contributed by atoms with Crippen molar-refractivity contribution in [1.29, 1.82) is 0 Å². The Labute approximate surface area is 462 Å². The summed E-state index contributed by atoms with van der Waals surface area (Å²) in [5.41, 5.74) is 7.95. The second kappa shape index (κ2) is 25.8. The molecule has 0 saturated carbocycles. The van der Waals surface area contributed by atoms with Gasteiger partial charge in [0.1, 0.15) is 35.9 Å².